The Kier molecular flexibility index (Phi) is 11.1. The highest BCUT2D eigenvalue weighted by molar-refractivity contribution is 5.77. The van der Waals surface area contributed by atoms with Gasteiger partial charge >= 0.3 is 0 Å². The van der Waals surface area contributed by atoms with E-state index in [4.69, 9.17) is 0 Å². The van der Waals surface area contributed by atoms with Crippen molar-refractivity contribution < 1.29 is 14.1 Å². The largest absolute Gasteiger partial charge is 0.633 e. The van der Waals surface area contributed by atoms with Gasteiger partial charge in [0.2, 0.25) is 5.91 Å². The average molecular weight is 468 g/mol. The van der Waals surface area contributed by atoms with Gasteiger partial charge in [0, 0.05) is 6.42 Å². The number of amides is 1. The van der Waals surface area contributed by atoms with Crippen LogP contribution in [0.2, 0.25) is 0 Å². The molecule has 0 aromatic heterocycles. The molecule has 0 radical (unpaired) electrons. The number of likely N-dealkylation sites (N-methyl/N-ethyl adjacent to an activating group) is 2. The fourth-order valence-electron chi connectivity index (χ4n) is 6.46. The second kappa shape index (κ2) is 12.9. The number of quaternary nitrogens is 2. The van der Waals surface area contributed by atoms with Gasteiger partial charge in [0.1, 0.15) is 0 Å². The molecule has 2 saturated carbocycles. The van der Waals surface area contributed by atoms with Crippen molar-refractivity contribution in [1.82, 2.24) is 4.90 Å². The van der Waals surface area contributed by atoms with E-state index in [0.717, 1.165) is 6.42 Å². The fourth-order valence-corrected chi connectivity index (χ4v) is 6.46. The molecular formula is C27H53N3O3. The third-order valence-electron chi connectivity index (χ3n) is 8.48. The van der Waals surface area contributed by atoms with E-state index >= 15 is 0 Å². The molecule has 2 rings (SSSR count). The van der Waals surface area contributed by atoms with Crippen LogP contribution in [0.15, 0.2) is 0 Å². The summed E-state index contributed by atoms with van der Waals surface area (Å²) < 4.78 is -0.822. The molecule has 0 atom stereocenters. The topological polar surface area (TPSA) is 66.4 Å². The molecule has 6 nitrogen and oxygen atoms in total. The van der Waals surface area contributed by atoms with Crippen LogP contribution in [0.25, 0.3) is 0 Å². The summed E-state index contributed by atoms with van der Waals surface area (Å²) in [5, 5.41) is 24.6. The second-order valence-electron chi connectivity index (χ2n) is 12.2. The SMILES string of the molecule is CCCCC(CC(=O)N(CC[N+](C)(C)[O-])CC[N+](C)(C)[O-])(C1CCCCC1)C1CCCCC1. The normalized spacial score (nSPS) is 19.6. The predicted molar refractivity (Wildman–Crippen MR) is 137 cm³/mol. The smallest absolute Gasteiger partial charge is 0.223 e. The minimum absolute atomic E-state index is 0.0931. The summed E-state index contributed by atoms with van der Waals surface area (Å²) in [4.78, 5) is 15.8. The van der Waals surface area contributed by atoms with Gasteiger partial charge in [-0.25, -0.2) is 0 Å². The van der Waals surface area contributed by atoms with Crippen molar-refractivity contribution >= 4 is 5.91 Å². The zero-order chi connectivity index (χ0) is 24.5. The Hall–Kier alpha value is -0.690. The Balaban J connectivity index is 2.30. The first-order valence-electron chi connectivity index (χ1n) is 13.8. The lowest BCUT2D eigenvalue weighted by Gasteiger charge is -2.50. The fraction of sp³-hybridized carbons (Fsp3) is 0.963. The van der Waals surface area contributed by atoms with Crippen molar-refractivity contribution in [1.29, 1.82) is 0 Å². The summed E-state index contributed by atoms with van der Waals surface area (Å²) in [6.45, 7) is 3.88. The van der Waals surface area contributed by atoms with Gasteiger partial charge in [-0.05, 0) is 49.4 Å². The third-order valence-corrected chi connectivity index (χ3v) is 8.48. The van der Waals surface area contributed by atoms with E-state index in [1.807, 2.05) is 4.90 Å². The first-order valence-corrected chi connectivity index (χ1v) is 13.8. The van der Waals surface area contributed by atoms with Crippen molar-refractivity contribution in [3.8, 4) is 0 Å². The molecule has 2 aliphatic rings. The molecule has 33 heavy (non-hydrogen) atoms. The molecule has 194 valence electrons. The summed E-state index contributed by atoms with van der Waals surface area (Å²) in [7, 11) is 6.52. The zero-order valence-corrected chi connectivity index (χ0v) is 22.4. The molecular weight excluding hydrogens is 414 g/mol. The number of rotatable bonds is 13. The van der Waals surface area contributed by atoms with Gasteiger partial charge in [-0.1, -0.05) is 58.3 Å². The van der Waals surface area contributed by atoms with Crippen molar-refractivity contribution in [2.45, 2.75) is 96.8 Å². The Labute approximate surface area is 204 Å². The number of hydrogen-bond donors (Lipinski definition) is 0. The third kappa shape index (κ3) is 9.46. The summed E-state index contributed by atoms with van der Waals surface area (Å²) in [6, 6.07) is 0. The lowest BCUT2D eigenvalue weighted by molar-refractivity contribution is -0.842. The second-order valence-corrected chi connectivity index (χ2v) is 12.2. The maximum atomic E-state index is 13.9. The molecule has 6 heteroatoms. The van der Waals surface area contributed by atoms with E-state index in [0.29, 0.717) is 44.4 Å². The van der Waals surface area contributed by atoms with Crippen LogP contribution in [-0.4, -0.2) is 74.5 Å². The number of carbonyl (C=O) groups is 1. The minimum Gasteiger partial charge on any atom is -0.633 e. The van der Waals surface area contributed by atoms with E-state index in [2.05, 4.69) is 6.92 Å². The van der Waals surface area contributed by atoms with E-state index in [9.17, 15) is 15.2 Å². The number of carbonyl (C=O) groups excluding carboxylic acids is 1. The molecule has 0 heterocycles. The lowest BCUT2D eigenvalue weighted by atomic mass is 9.55. The molecule has 0 aromatic carbocycles. The van der Waals surface area contributed by atoms with Crippen LogP contribution < -0.4 is 0 Å². The first kappa shape index (κ1) is 28.5. The molecule has 0 aromatic rings. The summed E-state index contributed by atoms with van der Waals surface area (Å²) >= 11 is 0. The number of unbranched alkanes of at least 4 members (excludes halogenated alkanes) is 1. The summed E-state index contributed by atoms with van der Waals surface area (Å²) in [5.41, 5.74) is 0.0931. The zero-order valence-electron chi connectivity index (χ0n) is 22.4. The van der Waals surface area contributed by atoms with Crippen LogP contribution >= 0.6 is 0 Å². The van der Waals surface area contributed by atoms with Crippen molar-refractivity contribution in [3.63, 3.8) is 0 Å². The van der Waals surface area contributed by atoms with Gasteiger partial charge in [0.25, 0.3) is 0 Å². The van der Waals surface area contributed by atoms with E-state index in [1.165, 1.54) is 77.0 Å². The van der Waals surface area contributed by atoms with E-state index in [1.54, 1.807) is 28.2 Å². The molecule has 0 aliphatic heterocycles. The monoisotopic (exact) mass is 467 g/mol. The Morgan fingerprint density at radius 2 is 1.24 bits per heavy atom. The van der Waals surface area contributed by atoms with Crippen LogP contribution in [0.1, 0.15) is 96.8 Å². The average Bonchev–Trinajstić information content (AvgIpc) is 2.76. The Morgan fingerprint density at radius 1 is 0.818 bits per heavy atom. The maximum absolute atomic E-state index is 13.9. The molecule has 1 amide bonds. The molecule has 2 aliphatic carbocycles. The summed E-state index contributed by atoms with van der Waals surface area (Å²) in [6.07, 6.45) is 17.1. The van der Waals surface area contributed by atoms with Crippen LogP contribution in [0.3, 0.4) is 0 Å². The quantitative estimate of drug-likeness (QED) is 0.258. The van der Waals surface area contributed by atoms with Crippen LogP contribution in [-0.2, 0) is 4.79 Å². The lowest BCUT2D eigenvalue weighted by Crippen LogP contribution is -2.50. The molecule has 0 spiro atoms. The standard InChI is InChI=1S/C27H53N3O3/c1-6-7-18-27(24-14-10-8-11-15-24,25-16-12-9-13-17-25)23-26(31)28(19-21-29(2,3)32)20-22-30(4,5)33/h24-25H,6-23H2,1-5H3. The number of nitrogens with zero attached hydrogens (tertiary/aromatic N) is 3. The molecule has 0 unspecified atom stereocenters. The van der Waals surface area contributed by atoms with Crippen LogP contribution in [0.4, 0.5) is 0 Å². The van der Waals surface area contributed by atoms with Gasteiger partial charge in [-0.3, -0.25) is 4.79 Å². The van der Waals surface area contributed by atoms with Gasteiger partial charge in [-0.15, -0.1) is 0 Å². The minimum atomic E-state index is -0.411. The van der Waals surface area contributed by atoms with Crippen molar-refractivity contribution in [3.05, 3.63) is 10.4 Å². The Bertz CT molecular complexity index is 534. The van der Waals surface area contributed by atoms with Crippen molar-refractivity contribution in [2.75, 3.05) is 54.4 Å². The highest BCUT2D eigenvalue weighted by Crippen LogP contribution is 2.54. The Morgan fingerprint density at radius 3 is 1.61 bits per heavy atom. The van der Waals surface area contributed by atoms with Crippen LogP contribution in [0, 0.1) is 27.7 Å². The van der Waals surface area contributed by atoms with Gasteiger partial charge in [0.15, 0.2) is 0 Å². The predicted octanol–water partition coefficient (Wildman–Crippen LogP) is 5.69. The highest BCUT2D eigenvalue weighted by Gasteiger charge is 2.46. The maximum Gasteiger partial charge on any atom is 0.223 e. The van der Waals surface area contributed by atoms with Crippen LogP contribution in [0.5, 0.6) is 0 Å². The first-order chi connectivity index (χ1) is 15.5. The number of hydroxylamine groups is 6. The molecule has 2 fully saturated rings. The molecule has 0 N–H and O–H groups in total. The van der Waals surface area contributed by atoms with E-state index < -0.39 is 9.29 Å². The highest BCUT2D eigenvalue weighted by atomic mass is 16.5. The van der Waals surface area contributed by atoms with Gasteiger partial charge in [0.05, 0.1) is 54.4 Å². The molecule has 0 saturated heterocycles. The summed E-state index contributed by atoms with van der Waals surface area (Å²) in [5.74, 6) is 1.47. The van der Waals surface area contributed by atoms with E-state index in [-0.39, 0.29) is 11.3 Å². The number of hydrogen-bond acceptors (Lipinski definition) is 3. The van der Waals surface area contributed by atoms with Gasteiger partial charge in [-0.2, -0.15) is 0 Å². The molecule has 0 bridgehead atoms. The van der Waals surface area contributed by atoms with Gasteiger partial charge < -0.3 is 24.6 Å². The van der Waals surface area contributed by atoms with Crippen molar-refractivity contribution in [2.24, 2.45) is 17.3 Å².